The predicted molar refractivity (Wildman–Crippen MR) is 173 cm³/mol. The Morgan fingerprint density at radius 3 is 2.52 bits per heavy atom. The van der Waals surface area contributed by atoms with E-state index in [9.17, 15) is 22.8 Å². The number of hydrogen-bond donors (Lipinski definition) is 2. The Hall–Kier alpha value is -5.44. The van der Waals surface area contributed by atoms with E-state index in [4.69, 9.17) is 4.74 Å². The first-order chi connectivity index (χ1) is 23.1. The van der Waals surface area contributed by atoms with Gasteiger partial charge in [-0.25, -0.2) is 18.9 Å². The number of aromatic nitrogens is 5. The molecule has 4 heterocycles. The highest BCUT2D eigenvalue weighted by molar-refractivity contribution is 7.92. The van der Waals surface area contributed by atoms with Crippen LogP contribution in [0.3, 0.4) is 0 Å². The van der Waals surface area contributed by atoms with E-state index in [0.29, 0.717) is 35.1 Å². The molecule has 248 valence electrons. The Balaban J connectivity index is 1.21. The standard InChI is InChI=1S/C33H32FN7O6S/c1-40-29-20-35-16-14-26(29)32(43)41(40)23-12-10-21(37-19-23)18-28(33(44)47-24-7-3-2-4-8-24)38-31(42)25-13-11-22(17-27(25)34)39-48(45,46)30-9-5-6-15-36-30/h5-6,9-17,19-20,24,28,39H,2-4,7-8,18H2,1H3,(H,38,42)/t28-/m0/s1. The Morgan fingerprint density at radius 2 is 1.83 bits per heavy atom. The van der Waals surface area contributed by atoms with Gasteiger partial charge in [0.1, 0.15) is 18.0 Å². The predicted octanol–water partition coefficient (Wildman–Crippen LogP) is 3.67. The van der Waals surface area contributed by atoms with Crippen molar-refractivity contribution in [2.75, 3.05) is 4.72 Å². The number of esters is 1. The van der Waals surface area contributed by atoms with Crippen LogP contribution in [0.4, 0.5) is 10.1 Å². The van der Waals surface area contributed by atoms with Crippen LogP contribution in [-0.4, -0.2) is 56.8 Å². The molecule has 15 heteroatoms. The average molecular weight is 674 g/mol. The number of nitrogens with zero attached hydrogens (tertiary/aromatic N) is 5. The van der Waals surface area contributed by atoms with Crippen molar-refractivity contribution in [2.24, 2.45) is 7.05 Å². The van der Waals surface area contributed by atoms with Crippen LogP contribution < -0.4 is 15.6 Å². The minimum atomic E-state index is -4.09. The number of anilines is 1. The normalized spacial score (nSPS) is 14.4. The zero-order valence-electron chi connectivity index (χ0n) is 25.9. The van der Waals surface area contributed by atoms with Gasteiger partial charge in [-0.1, -0.05) is 12.5 Å². The number of rotatable bonds is 10. The molecule has 5 aromatic rings. The van der Waals surface area contributed by atoms with Crippen LogP contribution in [0.1, 0.15) is 48.2 Å². The number of hydrogen-bond acceptors (Lipinski definition) is 9. The minimum absolute atomic E-state index is 0.0743. The second-order valence-electron chi connectivity index (χ2n) is 11.4. The molecular weight excluding hydrogens is 641 g/mol. The maximum absolute atomic E-state index is 15.2. The van der Waals surface area contributed by atoms with Gasteiger partial charge in [-0.2, -0.15) is 8.42 Å². The van der Waals surface area contributed by atoms with Crippen LogP contribution in [0.2, 0.25) is 0 Å². The zero-order valence-corrected chi connectivity index (χ0v) is 26.7. The molecule has 6 rings (SSSR count). The summed E-state index contributed by atoms with van der Waals surface area (Å²) < 4.78 is 51.5. The van der Waals surface area contributed by atoms with Crippen molar-refractivity contribution in [3.8, 4) is 5.69 Å². The summed E-state index contributed by atoms with van der Waals surface area (Å²) >= 11 is 0. The Kier molecular flexibility index (Phi) is 9.30. The molecule has 1 saturated carbocycles. The van der Waals surface area contributed by atoms with Crippen molar-refractivity contribution in [3.63, 3.8) is 0 Å². The van der Waals surface area contributed by atoms with Gasteiger partial charge in [0.15, 0.2) is 5.03 Å². The van der Waals surface area contributed by atoms with Crippen molar-refractivity contribution in [1.29, 1.82) is 0 Å². The first-order valence-electron chi connectivity index (χ1n) is 15.3. The number of halogens is 1. The molecule has 1 aliphatic rings. The number of nitrogens with one attached hydrogen (secondary N) is 2. The van der Waals surface area contributed by atoms with Crippen LogP contribution in [0.5, 0.6) is 0 Å². The van der Waals surface area contributed by atoms with E-state index in [1.807, 2.05) is 0 Å². The fourth-order valence-corrected chi connectivity index (χ4v) is 6.68. The van der Waals surface area contributed by atoms with E-state index >= 15 is 4.39 Å². The SMILES string of the molecule is Cn1c2cnccc2c(=O)n1-c1ccc(C[C@H](NC(=O)c2ccc(NS(=O)(=O)c3ccccn3)cc2F)C(=O)OC2CCCCC2)nc1. The largest absolute Gasteiger partial charge is 0.461 e. The summed E-state index contributed by atoms with van der Waals surface area (Å²) in [5, 5.41) is 2.82. The topological polar surface area (TPSA) is 167 Å². The van der Waals surface area contributed by atoms with Crippen LogP contribution in [0, 0.1) is 5.82 Å². The molecule has 0 spiro atoms. The van der Waals surface area contributed by atoms with Gasteiger partial charge in [-0.3, -0.25) is 29.0 Å². The third-order valence-corrected chi connectivity index (χ3v) is 9.44. The lowest BCUT2D eigenvalue weighted by Crippen LogP contribution is -2.45. The quantitative estimate of drug-likeness (QED) is 0.210. The molecular formula is C33H32FN7O6S. The van der Waals surface area contributed by atoms with Gasteiger partial charge >= 0.3 is 5.97 Å². The van der Waals surface area contributed by atoms with Crippen molar-refractivity contribution in [1.82, 2.24) is 29.6 Å². The second-order valence-corrected chi connectivity index (χ2v) is 13.1. The lowest BCUT2D eigenvalue weighted by molar-refractivity contribution is -0.152. The van der Waals surface area contributed by atoms with Gasteiger partial charge in [-0.05, 0) is 74.2 Å². The molecule has 1 aliphatic carbocycles. The molecule has 1 aromatic carbocycles. The van der Waals surface area contributed by atoms with E-state index in [1.165, 1.54) is 35.3 Å². The van der Waals surface area contributed by atoms with Crippen LogP contribution in [0.25, 0.3) is 16.6 Å². The second kappa shape index (κ2) is 13.7. The average Bonchev–Trinajstić information content (AvgIpc) is 3.34. The molecule has 13 nitrogen and oxygen atoms in total. The zero-order chi connectivity index (χ0) is 33.8. The van der Waals surface area contributed by atoms with Gasteiger partial charge in [0.05, 0.1) is 40.2 Å². The van der Waals surface area contributed by atoms with Crippen molar-refractivity contribution in [2.45, 2.75) is 55.7 Å². The maximum Gasteiger partial charge on any atom is 0.329 e. The number of sulfonamides is 1. The van der Waals surface area contributed by atoms with Crippen molar-refractivity contribution in [3.05, 3.63) is 107 Å². The van der Waals surface area contributed by atoms with E-state index < -0.39 is 39.3 Å². The van der Waals surface area contributed by atoms with Gasteiger partial charge < -0.3 is 10.1 Å². The minimum Gasteiger partial charge on any atom is -0.461 e. The van der Waals surface area contributed by atoms with Gasteiger partial charge in [-0.15, -0.1) is 0 Å². The fourth-order valence-electron chi connectivity index (χ4n) is 5.68. The summed E-state index contributed by atoms with van der Waals surface area (Å²) in [7, 11) is -2.36. The number of amides is 1. The smallest absolute Gasteiger partial charge is 0.329 e. The summed E-state index contributed by atoms with van der Waals surface area (Å²) in [5.74, 6) is -2.59. The van der Waals surface area contributed by atoms with Crippen LogP contribution >= 0.6 is 0 Å². The van der Waals surface area contributed by atoms with Gasteiger partial charge in [0, 0.05) is 31.6 Å². The molecule has 1 fully saturated rings. The van der Waals surface area contributed by atoms with Crippen molar-refractivity contribution >= 4 is 38.5 Å². The number of fused-ring (bicyclic) bond motifs is 1. The lowest BCUT2D eigenvalue weighted by atomic mass is 9.97. The molecule has 0 aliphatic heterocycles. The third kappa shape index (κ3) is 6.95. The Morgan fingerprint density at radius 1 is 1.02 bits per heavy atom. The molecule has 2 N–H and O–H groups in total. The van der Waals surface area contributed by atoms with Crippen molar-refractivity contribution < 1.29 is 27.1 Å². The fraction of sp³-hybridized carbons (Fsp3) is 0.273. The Bertz CT molecular complexity index is 2130. The Labute approximate surface area is 274 Å². The number of carbonyl (C=O) groups excluding carboxylic acids is 2. The van der Waals surface area contributed by atoms with Gasteiger partial charge in [0.25, 0.3) is 21.5 Å². The van der Waals surface area contributed by atoms with E-state index in [-0.39, 0.29) is 28.8 Å². The summed E-state index contributed by atoms with van der Waals surface area (Å²) in [4.78, 5) is 52.1. The molecule has 4 aromatic heterocycles. The molecule has 1 amide bonds. The number of pyridine rings is 3. The number of carbonyl (C=O) groups is 2. The highest BCUT2D eigenvalue weighted by atomic mass is 32.2. The molecule has 48 heavy (non-hydrogen) atoms. The number of aryl methyl sites for hydroxylation is 1. The highest BCUT2D eigenvalue weighted by Gasteiger charge is 2.29. The molecule has 0 radical (unpaired) electrons. The summed E-state index contributed by atoms with van der Waals surface area (Å²) in [6.07, 6.45) is 9.87. The van der Waals surface area contributed by atoms with Crippen LogP contribution in [0.15, 0.2) is 89.2 Å². The summed E-state index contributed by atoms with van der Waals surface area (Å²) in [5.41, 5.74) is 0.772. The molecule has 0 saturated heterocycles. The first kappa shape index (κ1) is 32.5. The number of ether oxygens (including phenoxy) is 1. The van der Waals surface area contributed by atoms with E-state index in [1.54, 1.807) is 48.4 Å². The van der Waals surface area contributed by atoms with Crippen LogP contribution in [-0.2, 0) is 33.0 Å². The molecule has 1 atom stereocenters. The van der Waals surface area contributed by atoms with Gasteiger partial charge in [0.2, 0.25) is 0 Å². The molecule has 0 bridgehead atoms. The maximum atomic E-state index is 15.2. The number of benzene rings is 1. The third-order valence-electron chi connectivity index (χ3n) is 8.14. The van der Waals surface area contributed by atoms with E-state index in [2.05, 4.69) is 25.0 Å². The summed E-state index contributed by atoms with van der Waals surface area (Å²) in [6.45, 7) is 0. The lowest BCUT2D eigenvalue weighted by Gasteiger charge is -2.25. The van der Waals surface area contributed by atoms with E-state index in [0.717, 1.165) is 31.4 Å². The summed E-state index contributed by atoms with van der Waals surface area (Å²) in [6, 6.07) is 11.3. The molecule has 0 unspecified atom stereocenters. The first-order valence-corrected chi connectivity index (χ1v) is 16.8. The monoisotopic (exact) mass is 673 g/mol. The highest BCUT2D eigenvalue weighted by Crippen LogP contribution is 2.22.